The second-order valence-corrected chi connectivity index (χ2v) is 4.66. The van der Waals surface area contributed by atoms with E-state index in [0.29, 0.717) is 13.2 Å². The van der Waals surface area contributed by atoms with Crippen LogP contribution in [0.5, 0.6) is 5.75 Å². The minimum absolute atomic E-state index is 0.0249. The van der Waals surface area contributed by atoms with Crippen molar-refractivity contribution in [2.45, 2.75) is 19.8 Å². The third-order valence-electron chi connectivity index (χ3n) is 2.81. The summed E-state index contributed by atoms with van der Waals surface area (Å²) in [5.74, 6) is 0.364. The van der Waals surface area contributed by atoms with Gasteiger partial charge in [0, 0.05) is 6.42 Å². The van der Waals surface area contributed by atoms with Gasteiger partial charge in [-0.15, -0.1) is 0 Å². The predicted molar refractivity (Wildman–Crippen MR) is 70.5 cm³/mol. The van der Waals surface area contributed by atoms with Crippen molar-refractivity contribution in [3.8, 4) is 5.75 Å². The molecule has 0 radical (unpaired) electrons. The van der Waals surface area contributed by atoms with Crippen LogP contribution in [0.4, 0.5) is 0 Å². The quantitative estimate of drug-likeness (QED) is 0.742. The Kier molecular flexibility index (Phi) is 6.22. The summed E-state index contributed by atoms with van der Waals surface area (Å²) in [6.45, 7) is 3.04. The summed E-state index contributed by atoms with van der Waals surface area (Å²) in [6.07, 6.45) is 0.905. The predicted octanol–water partition coefficient (Wildman–Crippen LogP) is 2.14. The Morgan fingerprint density at radius 1 is 1.39 bits per heavy atom. The molecule has 3 N–H and O–H groups in total. The zero-order valence-corrected chi connectivity index (χ0v) is 10.7. The van der Waals surface area contributed by atoms with Crippen LogP contribution in [0.3, 0.4) is 0 Å². The third kappa shape index (κ3) is 5.68. The first-order valence-electron chi connectivity index (χ1n) is 6.21. The summed E-state index contributed by atoms with van der Waals surface area (Å²) >= 11 is 0. The zero-order valence-electron chi connectivity index (χ0n) is 10.7. The molecule has 1 aromatic rings. The minimum Gasteiger partial charge on any atom is -0.493 e. The van der Waals surface area contributed by atoms with Gasteiger partial charge in [-0.25, -0.2) is 0 Å². The van der Waals surface area contributed by atoms with Crippen molar-refractivity contribution in [3.05, 3.63) is 30.3 Å². The van der Waals surface area contributed by atoms with Crippen LogP contribution in [0.2, 0.25) is 0 Å². The van der Waals surface area contributed by atoms with Crippen molar-refractivity contribution in [1.29, 1.82) is 0 Å². The van der Waals surface area contributed by atoms with E-state index in [1.54, 1.807) is 0 Å². The maximum atomic E-state index is 10.6. The Hall–Kier alpha value is -1.55. The first-order chi connectivity index (χ1) is 8.61. The van der Waals surface area contributed by atoms with Gasteiger partial charge < -0.3 is 15.6 Å². The lowest BCUT2D eigenvalue weighted by atomic mass is 9.94. The highest BCUT2D eigenvalue weighted by Crippen LogP contribution is 2.17. The number of rotatable bonds is 8. The molecule has 1 rings (SSSR count). The smallest absolute Gasteiger partial charge is 0.303 e. The summed E-state index contributed by atoms with van der Waals surface area (Å²) in [6, 6.07) is 9.60. The highest BCUT2D eigenvalue weighted by molar-refractivity contribution is 5.67. The van der Waals surface area contributed by atoms with Gasteiger partial charge in [-0.05, 0) is 36.9 Å². The van der Waals surface area contributed by atoms with Gasteiger partial charge in [-0.2, -0.15) is 0 Å². The molecular weight excluding hydrogens is 230 g/mol. The number of aliphatic carboxylic acids is 1. The van der Waals surface area contributed by atoms with Crippen molar-refractivity contribution in [3.63, 3.8) is 0 Å². The molecule has 1 aromatic carbocycles. The first-order valence-corrected chi connectivity index (χ1v) is 6.21. The summed E-state index contributed by atoms with van der Waals surface area (Å²) < 4.78 is 5.63. The lowest BCUT2D eigenvalue weighted by Crippen LogP contribution is -2.22. The number of ether oxygens (including phenoxy) is 1. The number of hydrogen-bond donors (Lipinski definition) is 2. The lowest BCUT2D eigenvalue weighted by Gasteiger charge is -2.18. The molecule has 0 amide bonds. The van der Waals surface area contributed by atoms with Crippen molar-refractivity contribution in [1.82, 2.24) is 0 Å². The minimum atomic E-state index is -0.790. The summed E-state index contributed by atoms with van der Waals surface area (Å²) in [4.78, 5) is 10.6. The number of carboxylic acid groups (broad SMARTS) is 1. The Bertz CT molecular complexity index is 353. The van der Waals surface area contributed by atoms with E-state index in [2.05, 4.69) is 0 Å². The summed E-state index contributed by atoms with van der Waals surface area (Å²) in [7, 11) is 0. The normalized spacial score (nSPS) is 13.9. The molecule has 0 aliphatic heterocycles. The van der Waals surface area contributed by atoms with Gasteiger partial charge in [0.15, 0.2) is 0 Å². The highest BCUT2D eigenvalue weighted by atomic mass is 16.5. The van der Waals surface area contributed by atoms with E-state index in [1.165, 1.54) is 0 Å². The van der Waals surface area contributed by atoms with Gasteiger partial charge in [-0.3, -0.25) is 4.79 Å². The molecule has 0 heterocycles. The fourth-order valence-corrected chi connectivity index (χ4v) is 1.90. The number of nitrogens with two attached hydrogens (primary N) is 1. The lowest BCUT2D eigenvalue weighted by molar-refractivity contribution is -0.138. The maximum absolute atomic E-state index is 10.6. The summed E-state index contributed by atoms with van der Waals surface area (Å²) in [5, 5.41) is 8.75. The fraction of sp³-hybridized carbons (Fsp3) is 0.500. The molecule has 0 aliphatic rings. The Balaban J connectivity index is 2.32. The number of benzene rings is 1. The monoisotopic (exact) mass is 251 g/mol. The van der Waals surface area contributed by atoms with Crippen LogP contribution in [0.15, 0.2) is 30.3 Å². The zero-order chi connectivity index (χ0) is 13.4. The topological polar surface area (TPSA) is 72.5 Å². The van der Waals surface area contributed by atoms with E-state index in [9.17, 15) is 4.79 Å². The van der Waals surface area contributed by atoms with Gasteiger partial charge in [0.05, 0.1) is 6.61 Å². The van der Waals surface area contributed by atoms with Crippen LogP contribution in [-0.4, -0.2) is 24.2 Å². The van der Waals surface area contributed by atoms with E-state index < -0.39 is 5.97 Å². The van der Waals surface area contributed by atoms with Gasteiger partial charge in [-0.1, -0.05) is 25.1 Å². The number of hydrogen-bond acceptors (Lipinski definition) is 3. The highest BCUT2D eigenvalue weighted by Gasteiger charge is 2.15. The second-order valence-electron chi connectivity index (χ2n) is 4.66. The molecule has 0 aliphatic carbocycles. The number of carbonyl (C=O) groups is 1. The molecule has 0 aromatic heterocycles. The molecule has 18 heavy (non-hydrogen) atoms. The maximum Gasteiger partial charge on any atom is 0.303 e. The van der Waals surface area contributed by atoms with Crippen LogP contribution in [0, 0.1) is 11.8 Å². The molecule has 0 fully saturated rings. The molecular formula is C14H21NO3. The van der Waals surface area contributed by atoms with Crippen LogP contribution in [-0.2, 0) is 4.79 Å². The SMILES string of the molecule is CC(COc1ccccc1)CC(CN)CC(=O)O. The Morgan fingerprint density at radius 3 is 2.61 bits per heavy atom. The van der Waals surface area contributed by atoms with E-state index in [4.69, 9.17) is 15.6 Å². The fourth-order valence-electron chi connectivity index (χ4n) is 1.90. The van der Waals surface area contributed by atoms with Crippen molar-refractivity contribution in [2.75, 3.05) is 13.2 Å². The second kappa shape index (κ2) is 7.71. The number of para-hydroxylation sites is 1. The van der Waals surface area contributed by atoms with E-state index in [0.717, 1.165) is 12.2 Å². The van der Waals surface area contributed by atoms with E-state index in [1.807, 2.05) is 37.3 Å². The third-order valence-corrected chi connectivity index (χ3v) is 2.81. The molecule has 0 saturated heterocycles. The molecule has 4 nitrogen and oxygen atoms in total. The van der Waals surface area contributed by atoms with Gasteiger partial charge in [0.1, 0.15) is 5.75 Å². The van der Waals surface area contributed by atoms with Gasteiger partial charge in [0.25, 0.3) is 0 Å². The standard InChI is InChI=1S/C14H21NO3/c1-11(7-12(9-15)8-14(16)17)10-18-13-5-3-2-4-6-13/h2-6,11-12H,7-10,15H2,1H3,(H,16,17). The number of carboxylic acids is 1. The first kappa shape index (κ1) is 14.5. The van der Waals surface area contributed by atoms with Crippen molar-refractivity contribution >= 4 is 5.97 Å². The van der Waals surface area contributed by atoms with E-state index >= 15 is 0 Å². The largest absolute Gasteiger partial charge is 0.493 e. The van der Waals surface area contributed by atoms with Gasteiger partial charge in [0.2, 0.25) is 0 Å². The Morgan fingerprint density at radius 2 is 2.06 bits per heavy atom. The molecule has 2 atom stereocenters. The van der Waals surface area contributed by atoms with Crippen molar-refractivity contribution in [2.24, 2.45) is 17.6 Å². The molecule has 0 bridgehead atoms. The van der Waals surface area contributed by atoms with E-state index in [-0.39, 0.29) is 18.3 Å². The average Bonchev–Trinajstić information content (AvgIpc) is 2.36. The van der Waals surface area contributed by atoms with Gasteiger partial charge >= 0.3 is 5.97 Å². The molecule has 100 valence electrons. The van der Waals surface area contributed by atoms with Crippen LogP contribution >= 0.6 is 0 Å². The Labute approximate surface area is 108 Å². The molecule has 2 unspecified atom stereocenters. The average molecular weight is 251 g/mol. The van der Waals surface area contributed by atoms with Crippen molar-refractivity contribution < 1.29 is 14.6 Å². The molecule has 0 saturated carbocycles. The summed E-state index contributed by atoms with van der Waals surface area (Å²) in [5.41, 5.74) is 5.57. The van der Waals surface area contributed by atoms with Crippen LogP contribution in [0.1, 0.15) is 19.8 Å². The van der Waals surface area contributed by atoms with Crippen LogP contribution < -0.4 is 10.5 Å². The molecule has 4 heteroatoms. The van der Waals surface area contributed by atoms with Crippen LogP contribution in [0.25, 0.3) is 0 Å². The molecule has 0 spiro atoms.